The number of carboxylic acid groups (broad SMARTS) is 3. The summed E-state index contributed by atoms with van der Waals surface area (Å²) in [7, 11) is 1.61. The van der Waals surface area contributed by atoms with Crippen molar-refractivity contribution in [3.63, 3.8) is 0 Å². The van der Waals surface area contributed by atoms with Crippen molar-refractivity contribution in [1.29, 1.82) is 5.26 Å². The fraction of sp³-hybridized carbons (Fsp3) is 0.550. The molecule has 24 heteroatoms. The van der Waals surface area contributed by atoms with Gasteiger partial charge in [0.05, 0.1) is 42.5 Å². The molecule has 5 amide bonds. The average Bonchev–Trinajstić information content (AvgIpc) is 3.56. The molecule has 7 N–H and O–H groups in total. The van der Waals surface area contributed by atoms with Crippen molar-refractivity contribution in [3.05, 3.63) is 41.3 Å². The number of anilines is 1. The molecule has 0 aliphatic carbocycles. The first-order valence-electron chi connectivity index (χ1n) is 20.1. The van der Waals surface area contributed by atoms with Gasteiger partial charge >= 0.3 is 35.0 Å². The van der Waals surface area contributed by atoms with Crippen LogP contribution in [0.4, 0.5) is 14.5 Å². The molecule has 64 heavy (non-hydrogen) atoms. The van der Waals surface area contributed by atoms with Gasteiger partial charge in [0, 0.05) is 69.9 Å². The standard InChI is InChI=1S/C37H49F2N10O9.C3H6O2.Cu/c1-3-41-15-16-48(18-17-47(2)22-33(54)55)28(36(57)58)7-8-29(50)42-13-14-43-30(51)9-10-31(52)46-27-6-4-5-25-26(11-12-44-34(25)27)35(56)45-21-32(53)49-23-37(38,39)19-24(49)20-40;1-2-3(4)5;/h4-6,11-12,24,28H,3,7-10,13-19,21-23H2,1-2H3,(H,42,50)(H,43,51)(H,45,56)(H,46,52)(H,54,55)(H,57,58);2H2,1H3,(H,4,5);/q-1;;+2/t24-,28?;;/m0../s1/i;;1+0. The molecule has 21 nitrogen and oxygen atoms in total. The number of fused-ring (bicyclic) bond motifs is 1. The number of nitriles is 1. The predicted molar refractivity (Wildman–Crippen MR) is 223 cm³/mol. The molecule has 1 unspecified atom stereocenters. The molecule has 0 saturated carbocycles. The number of carboxylic acids is 3. The first-order valence-corrected chi connectivity index (χ1v) is 20.1. The van der Waals surface area contributed by atoms with Crippen LogP contribution in [0.2, 0.25) is 0 Å². The second-order valence-electron chi connectivity index (χ2n) is 14.3. The van der Waals surface area contributed by atoms with Gasteiger partial charge in [-0.25, -0.2) is 8.78 Å². The summed E-state index contributed by atoms with van der Waals surface area (Å²) < 4.78 is 27.5. The van der Waals surface area contributed by atoms with E-state index in [4.69, 9.17) is 15.5 Å². The van der Waals surface area contributed by atoms with Crippen molar-refractivity contribution < 1.29 is 79.5 Å². The van der Waals surface area contributed by atoms with E-state index in [-0.39, 0.29) is 92.1 Å². The number of carbonyl (C=O) groups is 8. The molecule has 2 atom stereocenters. The van der Waals surface area contributed by atoms with Gasteiger partial charge in [0.1, 0.15) is 12.1 Å². The Labute approximate surface area is 379 Å². The number of para-hydroxylation sites is 1. The first kappa shape index (κ1) is 56.2. The summed E-state index contributed by atoms with van der Waals surface area (Å²) in [5.74, 6) is -9.06. The van der Waals surface area contributed by atoms with Gasteiger partial charge in [-0.2, -0.15) is 11.8 Å². The topological polar surface area (TPSA) is 306 Å². The van der Waals surface area contributed by atoms with Crippen LogP contribution >= 0.6 is 0 Å². The molecule has 1 aromatic carbocycles. The van der Waals surface area contributed by atoms with Crippen LogP contribution in [0.25, 0.3) is 16.2 Å². The van der Waals surface area contributed by atoms with E-state index in [0.29, 0.717) is 31.6 Å². The van der Waals surface area contributed by atoms with Gasteiger partial charge in [0.15, 0.2) is 0 Å². The maximum absolute atomic E-state index is 13.8. The monoisotopic (exact) mass is 953 g/mol. The van der Waals surface area contributed by atoms with E-state index in [1.165, 1.54) is 18.3 Å². The van der Waals surface area contributed by atoms with E-state index in [1.54, 1.807) is 42.0 Å². The quantitative estimate of drug-likeness (QED) is 0.0542. The number of pyridine rings is 1. The van der Waals surface area contributed by atoms with Gasteiger partial charge in [0.25, 0.3) is 11.8 Å². The van der Waals surface area contributed by atoms with Crippen LogP contribution in [0.15, 0.2) is 30.5 Å². The number of hydrogen-bond acceptors (Lipinski definition) is 12. The summed E-state index contributed by atoms with van der Waals surface area (Å²) in [6.45, 7) is 3.62. The van der Waals surface area contributed by atoms with Crippen LogP contribution in [-0.4, -0.2) is 173 Å². The van der Waals surface area contributed by atoms with Gasteiger partial charge in [-0.1, -0.05) is 26.0 Å². The molecule has 1 saturated heterocycles. The predicted octanol–water partition coefficient (Wildman–Crippen LogP) is 1.10. The number of likely N-dealkylation sites (tertiary alicyclic amines) is 1. The maximum Gasteiger partial charge on any atom is 2.00 e. The Bertz CT molecular complexity index is 1970. The van der Waals surface area contributed by atoms with Crippen LogP contribution < -0.4 is 21.3 Å². The van der Waals surface area contributed by atoms with Crippen molar-refractivity contribution in [3.8, 4) is 6.07 Å². The van der Waals surface area contributed by atoms with Gasteiger partial charge in [-0.15, -0.1) is 6.54 Å². The minimum Gasteiger partial charge on any atom is -0.661 e. The molecule has 1 fully saturated rings. The molecular weight excluding hydrogens is 898 g/mol. The Hall–Kier alpha value is -5.86. The number of likely N-dealkylation sites (N-methyl/N-ethyl adjacent to an activating group) is 2. The van der Waals surface area contributed by atoms with Gasteiger partial charge in [-0.05, 0) is 32.1 Å². The zero-order valence-corrected chi connectivity index (χ0v) is 36.6. The minimum absolute atomic E-state index is 0. The third-order valence-corrected chi connectivity index (χ3v) is 9.39. The number of nitrogens with one attached hydrogen (secondary N) is 4. The number of amides is 5. The zero-order valence-electron chi connectivity index (χ0n) is 35.7. The molecular formula is C40H55CuF2N10O11+. The molecule has 1 aromatic heterocycles. The van der Waals surface area contributed by atoms with Crippen LogP contribution in [0.1, 0.15) is 62.7 Å². The number of rotatable bonds is 25. The second kappa shape index (κ2) is 28.8. The fourth-order valence-corrected chi connectivity index (χ4v) is 6.16. The molecule has 1 aliphatic rings. The molecule has 2 heterocycles. The third kappa shape index (κ3) is 20.1. The Morgan fingerprint density at radius 1 is 0.938 bits per heavy atom. The molecule has 0 bridgehead atoms. The molecule has 355 valence electrons. The van der Waals surface area contributed by atoms with Gasteiger partial charge in [0.2, 0.25) is 23.6 Å². The molecule has 1 aliphatic heterocycles. The van der Waals surface area contributed by atoms with Gasteiger partial charge < -0.3 is 46.8 Å². The number of benzene rings is 1. The van der Waals surface area contributed by atoms with E-state index in [2.05, 4.69) is 31.6 Å². The second-order valence-corrected chi connectivity index (χ2v) is 14.3. The number of carbonyl (C=O) groups excluding carboxylic acids is 5. The third-order valence-electron chi connectivity index (χ3n) is 9.39. The van der Waals surface area contributed by atoms with Crippen molar-refractivity contribution >= 4 is 64.0 Å². The van der Waals surface area contributed by atoms with Crippen molar-refractivity contribution in [2.75, 3.05) is 77.8 Å². The Morgan fingerprint density at radius 2 is 1.58 bits per heavy atom. The smallest absolute Gasteiger partial charge is 0.661 e. The summed E-state index contributed by atoms with van der Waals surface area (Å²) >= 11 is 0. The van der Waals surface area contributed by atoms with E-state index in [1.807, 2.05) is 6.92 Å². The number of aromatic nitrogens is 1. The number of aliphatic carboxylic acids is 3. The van der Waals surface area contributed by atoms with E-state index in [0.717, 1.165) is 4.90 Å². The Morgan fingerprint density at radius 3 is 2.17 bits per heavy atom. The molecule has 3 rings (SSSR count). The molecule has 1 radical (unpaired) electrons. The molecule has 0 spiro atoms. The summed E-state index contributed by atoms with van der Waals surface area (Å²) in [5, 5.41) is 50.6. The summed E-state index contributed by atoms with van der Waals surface area (Å²) in [5.41, 5.74) is 0.558. The largest absolute Gasteiger partial charge is 2.00 e. The van der Waals surface area contributed by atoms with Crippen molar-refractivity contribution in [2.24, 2.45) is 0 Å². The minimum atomic E-state index is -3.20. The number of nitrogens with zero attached hydrogens (tertiary/aromatic N) is 6. The average molecular weight is 954 g/mol. The SMILES string of the molecule is CCC(=O)O.CC[N-]CCN(CCN(C)CC(=O)O)C(CCC(=O)NCCNC(=O)CCC(=O)Nc1cccc2c(C(=O)NCC(=O)N3CC(F)(F)C[C@H]3C#N)ccnc12)C(=O)O.[64Cu+2]. The van der Waals surface area contributed by atoms with Crippen LogP contribution in [-0.2, 0) is 50.6 Å². The zero-order chi connectivity index (χ0) is 47.1. The van der Waals surface area contributed by atoms with Crippen LogP contribution in [0.5, 0.6) is 0 Å². The van der Waals surface area contributed by atoms with Gasteiger partial charge in [-0.3, -0.25) is 53.1 Å². The van der Waals surface area contributed by atoms with Crippen molar-refractivity contribution in [2.45, 2.75) is 70.4 Å². The van der Waals surface area contributed by atoms with Crippen LogP contribution in [0, 0.1) is 11.3 Å². The number of alkyl halides is 2. The maximum atomic E-state index is 13.8. The molecule has 2 aromatic rings. The number of halogens is 2. The van der Waals surface area contributed by atoms with E-state index < -0.39 is 85.0 Å². The van der Waals surface area contributed by atoms with E-state index in [9.17, 15) is 52.2 Å². The normalized spacial score (nSPS) is 14.3. The summed E-state index contributed by atoms with van der Waals surface area (Å²) in [4.78, 5) is 104. The van der Waals surface area contributed by atoms with E-state index >= 15 is 0 Å². The Balaban J connectivity index is 0.00000322. The first-order chi connectivity index (χ1) is 29.8. The summed E-state index contributed by atoms with van der Waals surface area (Å²) in [6.07, 6.45) is 0.213. The fourth-order valence-electron chi connectivity index (χ4n) is 6.16. The van der Waals surface area contributed by atoms with Crippen molar-refractivity contribution in [1.82, 2.24) is 35.6 Å². The number of hydrogen-bond donors (Lipinski definition) is 7. The summed E-state index contributed by atoms with van der Waals surface area (Å²) in [6, 6.07) is 5.40. The Kier molecular flexibility index (Phi) is 25.2. The van der Waals surface area contributed by atoms with Crippen LogP contribution in [0.3, 0.4) is 0 Å².